The minimum atomic E-state index is 0.330. The predicted molar refractivity (Wildman–Crippen MR) is 85.8 cm³/mol. The second kappa shape index (κ2) is 7.59. The number of benzene rings is 1. The molecule has 1 aliphatic rings. The Morgan fingerprint density at radius 2 is 2.11 bits per heavy atom. The van der Waals surface area contributed by atoms with E-state index in [1.807, 2.05) is 11.8 Å². The Kier molecular flexibility index (Phi) is 5.77. The Labute approximate surface area is 121 Å². The highest BCUT2D eigenvalue weighted by atomic mass is 32.2. The van der Waals surface area contributed by atoms with Crippen LogP contribution in [0.4, 0.5) is 0 Å². The molecule has 1 aromatic rings. The van der Waals surface area contributed by atoms with E-state index in [-0.39, 0.29) is 0 Å². The maximum atomic E-state index is 4.80. The van der Waals surface area contributed by atoms with E-state index < -0.39 is 0 Å². The van der Waals surface area contributed by atoms with Crippen molar-refractivity contribution < 1.29 is 0 Å². The molecule has 0 saturated carbocycles. The van der Waals surface area contributed by atoms with E-state index in [9.17, 15) is 0 Å². The minimum Gasteiger partial charge on any atom is -0.362 e. The molecule has 0 aromatic heterocycles. The van der Waals surface area contributed by atoms with Gasteiger partial charge in [-0.2, -0.15) is 0 Å². The van der Waals surface area contributed by atoms with E-state index in [1.165, 1.54) is 31.2 Å². The van der Waals surface area contributed by atoms with E-state index in [0.717, 1.165) is 10.9 Å². The highest BCUT2D eigenvalue weighted by Gasteiger charge is 2.20. The molecule has 2 rings (SSSR count). The van der Waals surface area contributed by atoms with Gasteiger partial charge in [-0.1, -0.05) is 68.3 Å². The van der Waals surface area contributed by atoms with Crippen LogP contribution in [0.15, 0.2) is 35.3 Å². The standard InChI is InChI=1S/C16H24N2S/c1-3-4-6-9-13(2)17-16-18-15(12-19-16)14-10-7-5-8-11-14/h5,7-8,10-11,13,15H,3-4,6,9,12H2,1-2H3,(H,17,18). The van der Waals surface area contributed by atoms with Gasteiger partial charge in [-0.25, -0.2) is 0 Å². The van der Waals surface area contributed by atoms with Gasteiger partial charge in [0.15, 0.2) is 5.17 Å². The van der Waals surface area contributed by atoms with Gasteiger partial charge in [-0.3, -0.25) is 4.99 Å². The minimum absolute atomic E-state index is 0.330. The molecule has 1 N–H and O–H groups in total. The van der Waals surface area contributed by atoms with Crippen LogP contribution in [0.5, 0.6) is 0 Å². The van der Waals surface area contributed by atoms with Crippen molar-refractivity contribution in [3.63, 3.8) is 0 Å². The number of hydrogen-bond acceptors (Lipinski definition) is 3. The van der Waals surface area contributed by atoms with Gasteiger partial charge in [-0.15, -0.1) is 0 Å². The van der Waals surface area contributed by atoms with Crippen LogP contribution in [0.3, 0.4) is 0 Å². The van der Waals surface area contributed by atoms with Crippen molar-refractivity contribution in [3.8, 4) is 0 Å². The third-order valence-electron chi connectivity index (χ3n) is 3.45. The van der Waals surface area contributed by atoms with E-state index >= 15 is 0 Å². The third kappa shape index (κ3) is 4.57. The van der Waals surface area contributed by atoms with Crippen LogP contribution in [0, 0.1) is 0 Å². The van der Waals surface area contributed by atoms with Crippen LogP contribution in [-0.2, 0) is 0 Å². The lowest BCUT2D eigenvalue weighted by atomic mass is 10.1. The first-order valence-electron chi connectivity index (χ1n) is 7.31. The SMILES string of the molecule is CCCCCC(C)NC1=NC(c2ccccc2)CS1. The Morgan fingerprint density at radius 3 is 2.84 bits per heavy atom. The molecule has 1 aliphatic heterocycles. The summed E-state index contributed by atoms with van der Waals surface area (Å²) < 4.78 is 0. The molecular weight excluding hydrogens is 252 g/mol. The molecule has 0 aliphatic carbocycles. The number of aliphatic imine (C=N–C) groups is 1. The quantitative estimate of drug-likeness (QED) is 0.779. The molecule has 2 unspecified atom stereocenters. The van der Waals surface area contributed by atoms with E-state index in [1.54, 1.807) is 0 Å². The number of nitrogens with one attached hydrogen (secondary N) is 1. The number of rotatable bonds is 6. The van der Waals surface area contributed by atoms with Crippen molar-refractivity contribution in [2.24, 2.45) is 4.99 Å². The molecule has 0 radical (unpaired) electrons. The van der Waals surface area contributed by atoms with Crippen LogP contribution in [0.2, 0.25) is 0 Å². The molecule has 19 heavy (non-hydrogen) atoms. The molecule has 1 heterocycles. The predicted octanol–water partition coefficient (Wildman–Crippen LogP) is 4.39. The topological polar surface area (TPSA) is 24.4 Å². The molecule has 104 valence electrons. The molecule has 1 aromatic carbocycles. The van der Waals surface area contributed by atoms with E-state index in [4.69, 9.17) is 4.99 Å². The third-order valence-corrected chi connectivity index (χ3v) is 4.43. The molecule has 0 amide bonds. The Hall–Kier alpha value is -0.960. The van der Waals surface area contributed by atoms with Crippen LogP contribution < -0.4 is 5.32 Å². The summed E-state index contributed by atoms with van der Waals surface area (Å²) in [5, 5.41) is 4.67. The lowest BCUT2D eigenvalue weighted by molar-refractivity contribution is 0.556. The second-order valence-corrected chi connectivity index (χ2v) is 6.22. The van der Waals surface area contributed by atoms with Gasteiger partial charge in [-0.05, 0) is 18.9 Å². The average molecular weight is 276 g/mol. The van der Waals surface area contributed by atoms with Crippen LogP contribution in [0.1, 0.15) is 51.1 Å². The summed E-state index contributed by atoms with van der Waals surface area (Å²) in [5.74, 6) is 1.06. The normalized spacial score (nSPS) is 20.1. The average Bonchev–Trinajstić information content (AvgIpc) is 2.88. The van der Waals surface area contributed by atoms with Crippen molar-refractivity contribution in [2.75, 3.05) is 5.75 Å². The molecule has 0 fully saturated rings. The zero-order valence-corrected chi connectivity index (χ0v) is 12.7. The Bertz CT molecular complexity index is 402. The highest BCUT2D eigenvalue weighted by molar-refractivity contribution is 8.14. The first kappa shape index (κ1) is 14.4. The lowest BCUT2D eigenvalue weighted by Crippen LogP contribution is -2.29. The molecule has 3 heteroatoms. The molecule has 0 saturated heterocycles. The molecule has 2 atom stereocenters. The maximum absolute atomic E-state index is 4.80. The first-order chi connectivity index (χ1) is 9.29. The number of thioether (sulfide) groups is 1. The van der Waals surface area contributed by atoms with Gasteiger partial charge >= 0.3 is 0 Å². The van der Waals surface area contributed by atoms with Gasteiger partial charge in [0.25, 0.3) is 0 Å². The van der Waals surface area contributed by atoms with Gasteiger partial charge in [0.2, 0.25) is 0 Å². The molecule has 2 nitrogen and oxygen atoms in total. The smallest absolute Gasteiger partial charge is 0.157 e. The number of amidine groups is 1. The fraction of sp³-hybridized carbons (Fsp3) is 0.562. The fourth-order valence-corrected chi connectivity index (χ4v) is 3.35. The number of nitrogens with zero attached hydrogens (tertiary/aromatic N) is 1. The van der Waals surface area contributed by atoms with Crippen molar-refractivity contribution in [1.82, 2.24) is 5.32 Å². The molecular formula is C16H24N2S. The summed E-state index contributed by atoms with van der Waals surface area (Å²) >= 11 is 1.85. The Balaban J connectivity index is 1.82. The summed E-state index contributed by atoms with van der Waals surface area (Å²) in [4.78, 5) is 4.80. The first-order valence-corrected chi connectivity index (χ1v) is 8.30. The van der Waals surface area contributed by atoms with Crippen molar-refractivity contribution >= 4 is 16.9 Å². The van der Waals surface area contributed by atoms with E-state index in [2.05, 4.69) is 49.5 Å². The zero-order chi connectivity index (χ0) is 13.5. The Morgan fingerprint density at radius 1 is 1.32 bits per heavy atom. The van der Waals surface area contributed by atoms with Crippen LogP contribution >= 0.6 is 11.8 Å². The van der Waals surface area contributed by atoms with Crippen molar-refractivity contribution in [2.45, 2.75) is 51.6 Å². The summed E-state index contributed by atoms with van der Waals surface area (Å²) in [6.45, 7) is 4.51. The van der Waals surface area contributed by atoms with Gasteiger partial charge in [0, 0.05) is 11.8 Å². The lowest BCUT2D eigenvalue weighted by Gasteiger charge is -2.13. The highest BCUT2D eigenvalue weighted by Crippen LogP contribution is 2.29. The largest absolute Gasteiger partial charge is 0.362 e. The summed E-state index contributed by atoms with van der Waals surface area (Å²) in [6, 6.07) is 11.4. The second-order valence-electron chi connectivity index (χ2n) is 5.21. The fourth-order valence-electron chi connectivity index (χ4n) is 2.28. The summed E-state index contributed by atoms with van der Waals surface area (Å²) in [7, 11) is 0. The van der Waals surface area contributed by atoms with Crippen LogP contribution in [0.25, 0.3) is 0 Å². The van der Waals surface area contributed by atoms with Gasteiger partial charge in [0.05, 0.1) is 6.04 Å². The monoisotopic (exact) mass is 276 g/mol. The van der Waals surface area contributed by atoms with Crippen molar-refractivity contribution in [1.29, 1.82) is 0 Å². The number of unbranched alkanes of at least 4 members (excludes halogenated alkanes) is 2. The van der Waals surface area contributed by atoms with Gasteiger partial charge < -0.3 is 5.32 Å². The molecule has 0 bridgehead atoms. The van der Waals surface area contributed by atoms with Gasteiger partial charge in [0.1, 0.15) is 0 Å². The summed E-state index contributed by atoms with van der Waals surface area (Å²) in [5.41, 5.74) is 1.32. The number of hydrogen-bond donors (Lipinski definition) is 1. The summed E-state index contributed by atoms with van der Waals surface area (Å²) in [6.07, 6.45) is 5.17. The zero-order valence-electron chi connectivity index (χ0n) is 11.9. The van der Waals surface area contributed by atoms with E-state index in [0.29, 0.717) is 12.1 Å². The van der Waals surface area contributed by atoms with Crippen molar-refractivity contribution in [3.05, 3.63) is 35.9 Å². The van der Waals surface area contributed by atoms with Crippen LogP contribution in [-0.4, -0.2) is 17.0 Å². The molecule has 0 spiro atoms. The maximum Gasteiger partial charge on any atom is 0.157 e.